The molecule has 0 unspecified atom stereocenters. The van der Waals surface area contributed by atoms with Gasteiger partial charge < -0.3 is 9.73 Å². The van der Waals surface area contributed by atoms with E-state index in [9.17, 15) is 4.79 Å². The molecule has 126 valence electrons. The first-order valence-corrected chi connectivity index (χ1v) is 8.97. The summed E-state index contributed by atoms with van der Waals surface area (Å²) >= 11 is 1.57. The topological polar surface area (TPSA) is 59.5 Å². The van der Waals surface area contributed by atoms with E-state index in [0.29, 0.717) is 11.3 Å². The maximum Gasteiger partial charge on any atom is 0.291 e. The van der Waals surface area contributed by atoms with Gasteiger partial charge in [-0.1, -0.05) is 36.4 Å². The van der Waals surface area contributed by atoms with Gasteiger partial charge in [-0.2, -0.15) is 0 Å². The lowest BCUT2D eigenvalue weighted by atomic mass is 10.1. The van der Waals surface area contributed by atoms with Crippen LogP contribution in [0.5, 0.6) is 0 Å². The van der Waals surface area contributed by atoms with Gasteiger partial charge in [0.15, 0.2) is 10.7 Å². The Hall–Kier alpha value is -3.38. The van der Waals surface area contributed by atoms with Crippen LogP contribution in [0.15, 0.2) is 76.8 Å². The van der Waals surface area contributed by atoms with Crippen LogP contribution in [0, 0.1) is 0 Å². The summed E-state index contributed by atoms with van der Waals surface area (Å²) < 4.78 is 7.62. The molecule has 1 N–H and O–H groups in total. The lowest BCUT2D eigenvalue weighted by Gasteiger charge is -2.08. The average Bonchev–Trinajstić information content (AvgIpc) is 3.36. The third-order valence-electron chi connectivity index (χ3n) is 4.19. The van der Waals surface area contributed by atoms with Gasteiger partial charge in [0.1, 0.15) is 5.58 Å². The first-order chi connectivity index (χ1) is 12.8. The van der Waals surface area contributed by atoms with Crippen LogP contribution in [0.2, 0.25) is 0 Å². The summed E-state index contributed by atoms with van der Waals surface area (Å²) in [4.78, 5) is 18.2. The maximum absolute atomic E-state index is 12.7. The lowest BCUT2D eigenvalue weighted by molar-refractivity contribution is 0.0999. The number of nitrogens with zero attached hydrogens (tertiary/aromatic N) is 2. The minimum atomic E-state index is -0.283. The highest BCUT2D eigenvalue weighted by atomic mass is 32.1. The number of hydrogen-bond donors (Lipinski definition) is 1. The fourth-order valence-electron chi connectivity index (χ4n) is 2.95. The van der Waals surface area contributed by atoms with Crippen molar-refractivity contribution in [1.29, 1.82) is 0 Å². The predicted octanol–water partition coefficient (Wildman–Crippen LogP) is 5.06. The lowest BCUT2D eigenvalue weighted by Crippen LogP contribution is -2.11. The SMILES string of the molecule is O=C(Nc1ccccc1-c1cn2ccsc2n1)c1cc2ccccc2o1. The van der Waals surface area contributed by atoms with Crippen molar-refractivity contribution in [3.8, 4) is 11.3 Å². The number of fused-ring (bicyclic) bond motifs is 2. The van der Waals surface area contributed by atoms with E-state index in [-0.39, 0.29) is 11.7 Å². The summed E-state index contributed by atoms with van der Waals surface area (Å²) in [6.07, 6.45) is 3.92. The van der Waals surface area contributed by atoms with Crippen LogP contribution in [-0.2, 0) is 0 Å². The number of thiazole rings is 1. The normalized spacial score (nSPS) is 11.2. The highest BCUT2D eigenvalue weighted by Gasteiger charge is 2.16. The molecule has 0 saturated carbocycles. The zero-order valence-electron chi connectivity index (χ0n) is 13.5. The first kappa shape index (κ1) is 14.9. The van der Waals surface area contributed by atoms with Gasteiger partial charge in [-0.15, -0.1) is 11.3 Å². The predicted molar refractivity (Wildman–Crippen MR) is 103 cm³/mol. The second-order valence-corrected chi connectivity index (χ2v) is 6.74. The largest absolute Gasteiger partial charge is 0.451 e. The van der Waals surface area contributed by atoms with Gasteiger partial charge in [0.05, 0.1) is 11.4 Å². The zero-order chi connectivity index (χ0) is 17.5. The molecule has 2 aromatic carbocycles. The molecule has 26 heavy (non-hydrogen) atoms. The molecule has 5 nitrogen and oxygen atoms in total. The van der Waals surface area contributed by atoms with Gasteiger partial charge in [0.2, 0.25) is 0 Å². The van der Waals surface area contributed by atoms with E-state index in [1.807, 2.05) is 70.7 Å². The van der Waals surface area contributed by atoms with Crippen molar-refractivity contribution in [1.82, 2.24) is 9.38 Å². The Kier molecular flexibility index (Phi) is 3.36. The Labute approximate surface area is 152 Å². The van der Waals surface area contributed by atoms with Crippen molar-refractivity contribution in [3.63, 3.8) is 0 Å². The molecule has 0 aliphatic rings. The van der Waals surface area contributed by atoms with Gasteiger partial charge in [0.25, 0.3) is 5.91 Å². The van der Waals surface area contributed by atoms with Crippen molar-refractivity contribution < 1.29 is 9.21 Å². The number of para-hydroxylation sites is 2. The molecule has 5 aromatic rings. The van der Waals surface area contributed by atoms with Gasteiger partial charge in [0, 0.05) is 28.7 Å². The van der Waals surface area contributed by atoms with Gasteiger partial charge in [-0.05, 0) is 18.2 Å². The summed E-state index contributed by atoms with van der Waals surface area (Å²) in [6.45, 7) is 0. The number of amides is 1. The third kappa shape index (κ3) is 2.48. The Morgan fingerprint density at radius 1 is 1.12 bits per heavy atom. The van der Waals surface area contributed by atoms with E-state index in [0.717, 1.165) is 21.6 Å². The summed E-state index contributed by atoms with van der Waals surface area (Å²) in [5.41, 5.74) is 3.08. The van der Waals surface area contributed by atoms with Crippen LogP contribution in [0.25, 0.3) is 27.2 Å². The second-order valence-electron chi connectivity index (χ2n) is 5.87. The fourth-order valence-corrected chi connectivity index (χ4v) is 3.65. The Bertz CT molecular complexity index is 1190. The highest BCUT2D eigenvalue weighted by Crippen LogP contribution is 2.29. The molecule has 1 amide bonds. The molecule has 0 aliphatic carbocycles. The second kappa shape index (κ2) is 5.86. The Balaban J connectivity index is 1.50. The monoisotopic (exact) mass is 359 g/mol. The molecule has 5 rings (SSSR count). The van der Waals surface area contributed by atoms with E-state index >= 15 is 0 Å². The standard InChI is InChI=1S/C20H13N3O2S/c24-19(18-11-13-5-1-4-8-17(13)25-18)21-15-7-3-2-6-14(15)16-12-23-9-10-26-20(23)22-16/h1-12H,(H,21,24). The molecular weight excluding hydrogens is 346 g/mol. The van der Waals surface area contributed by atoms with Gasteiger partial charge in [-0.25, -0.2) is 4.98 Å². The number of carbonyl (C=O) groups excluding carboxylic acids is 1. The van der Waals surface area contributed by atoms with E-state index < -0.39 is 0 Å². The van der Waals surface area contributed by atoms with Crippen molar-refractivity contribution in [2.75, 3.05) is 5.32 Å². The van der Waals surface area contributed by atoms with E-state index in [1.165, 1.54) is 0 Å². The van der Waals surface area contributed by atoms with Crippen molar-refractivity contribution >= 4 is 38.9 Å². The molecule has 0 saturated heterocycles. The summed E-state index contributed by atoms with van der Waals surface area (Å²) in [6, 6.07) is 16.9. The third-order valence-corrected chi connectivity index (χ3v) is 4.96. The number of rotatable bonds is 3. The minimum absolute atomic E-state index is 0.283. The number of imidazole rings is 1. The fraction of sp³-hybridized carbons (Fsp3) is 0. The summed E-state index contributed by atoms with van der Waals surface area (Å²) in [5.74, 6) is 0.00139. The van der Waals surface area contributed by atoms with Crippen LogP contribution in [0.3, 0.4) is 0 Å². The minimum Gasteiger partial charge on any atom is -0.451 e. The molecule has 6 heteroatoms. The molecule has 0 spiro atoms. The van der Waals surface area contributed by atoms with E-state index in [4.69, 9.17) is 4.42 Å². The summed E-state index contributed by atoms with van der Waals surface area (Å²) in [5, 5.41) is 5.83. The number of furan rings is 1. The highest BCUT2D eigenvalue weighted by molar-refractivity contribution is 7.15. The van der Waals surface area contributed by atoms with Gasteiger partial charge >= 0.3 is 0 Å². The molecule has 0 aliphatic heterocycles. The first-order valence-electron chi connectivity index (χ1n) is 8.09. The number of carbonyl (C=O) groups is 1. The van der Waals surface area contributed by atoms with Crippen molar-refractivity contribution in [2.24, 2.45) is 0 Å². The molecule has 0 atom stereocenters. The molecule has 3 heterocycles. The van der Waals surface area contributed by atoms with Crippen LogP contribution in [-0.4, -0.2) is 15.3 Å². The zero-order valence-corrected chi connectivity index (χ0v) is 14.4. The number of hydrogen-bond acceptors (Lipinski definition) is 4. The van der Waals surface area contributed by atoms with Crippen molar-refractivity contribution in [3.05, 3.63) is 78.1 Å². The van der Waals surface area contributed by atoms with Crippen LogP contribution < -0.4 is 5.32 Å². The maximum atomic E-state index is 12.7. The van der Waals surface area contributed by atoms with Crippen LogP contribution in [0.4, 0.5) is 5.69 Å². The molecule has 3 aromatic heterocycles. The molecule has 0 radical (unpaired) electrons. The summed E-state index contributed by atoms with van der Waals surface area (Å²) in [7, 11) is 0. The van der Waals surface area contributed by atoms with E-state index in [1.54, 1.807) is 17.4 Å². The number of aromatic nitrogens is 2. The number of nitrogens with one attached hydrogen (secondary N) is 1. The number of anilines is 1. The number of benzene rings is 2. The van der Waals surface area contributed by atoms with E-state index in [2.05, 4.69) is 10.3 Å². The van der Waals surface area contributed by atoms with Crippen LogP contribution >= 0.6 is 11.3 Å². The van der Waals surface area contributed by atoms with Crippen LogP contribution in [0.1, 0.15) is 10.6 Å². The Morgan fingerprint density at radius 2 is 1.96 bits per heavy atom. The molecular formula is C20H13N3O2S. The molecule has 0 fully saturated rings. The van der Waals surface area contributed by atoms with Crippen molar-refractivity contribution in [2.45, 2.75) is 0 Å². The van der Waals surface area contributed by atoms with Gasteiger partial charge in [-0.3, -0.25) is 9.20 Å². The average molecular weight is 359 g/mol. The quantitative estimate of drug-likeness (QED) is 0.490. The smallest absolute Gasteiger partial charge is 0.291 e. The Morgan fingerprint density at radius 3 is 2.85 bits per heavy atom. The molecule has 0 bridgehead atoms.